The standard InChI is InChI=1S/C10H15NO.ClH/c1-7-3-4-9(5-8(7)2)10(11)6-12;/h3-5,10,12H,6,11H2,1-2H3;1H/t10-;/m1./s1. The minimum Gasteiger partial charge on any atom is -0.394 e. The second-order valence-electron chi connectivity index (χ2n) is 3.13. The highest BCUT2D eigenvalue weighted by molar-refractivity contribution is 5.85. The summed E-state index contributed by atoms with van der Waals surface area (Å²) in [5, 5.41) is 8.82. The molecule has 1 aromatic carbocycles. The first-order chi connectivity index (χ1) is 5.65. The van der Waals surface area contributed by atoms with Crippen LogP contribution in [-0.2, 0) is 0 Å². The summed E-state index contributed by atoms with van der Waals surface area (Å²) in [5.41, 5.74) is 9.14. The zero-order valence-corrected chi connectivity index (χ0v) is 8.77. The lowest BCUT2D eigenvalue weighted by molar-refractivity contribution is 0.268. The topological polar surface area (TPSA) is 46.2 Å². The molecule has 2 nitrogen and oxygen atoms in total. The van der Waals surface area contributed by atoms with Crippen LogP contribution in [0.3, 0.4) is 0 Å². The molecule has 3 heteroatoms. The van der Waals surface area contributed by atoms with Gasteiger partial charge in [-0.3, -0.25) is 0 Å². The van der Waals surface area contributed by atoms with Crippen molar-refractivity contribution in [2.75, 3.05) is 6.61 Å². The molecule has 0 saturated heterocycles. The lowest BCUT2D eigenvalue weighted by Crippen LogP contribution is -2.14. The van der Waals surface area contributed by atoms with E-state index in [9.17, 15) is 0 Å². The molecule has 74 valence electrons. The lowest BCUT2D eigenvalue weighted by Gasteiger charge is -2.10. The largest absolute Gasteiger partial charge is 0.394 e. The molecule has 3 N–H and O–H groups in total. The van der Waals surface area contributed by atoms with E-state index in [1.54, 1.807) is 0 Å². The summed E-state index contributed by atoms with van der Waals surface area (Å²) in [4.78, 5) is 0. The van der Waals surface area contributed by atoms with Gasteiger partial charge < -0.3 is 10.8 Å². The Bertz CT molecular complexity index is 276. The predicted molar refractivity (Wildman–Crippen MR) is 57.2 cm³/mol. The van der Waals surface area contributed by atoms with E-state index in [0.29, 0.717) is 0 Å². The number of hydrogen-bond acceptors (Lipinski definition) is 2. The number of aliphatic hydroxyl groups is 1. The van der Waals surface area contributed by atoms with E-state index in [4.69, 9.17) is 10.8 Å². The van der Waals surface area contributed by atoms with Crippen LogP contribution in [0.1, 0.15) is 22.7 Å². The number of nitrogens with two attached hydrogens (primary N) is 1. The zero-order valence-electron chi connectivity index (χ0n) is 7.95. The van der Waals surface area contributed by atoms with Crippen LogP contribution in [0.4, 0.5) is 0 Å². The van der Waals surface area contributed by atoms with Crippen molar-refractivity contribution in [2.24, 2.45) is 5.73 Å². The number of hydrogen-bond donors (Lipinski definition) is 2. The Hall–Kier alpha value is -0.570. The number of rotatable bonds is 2. The van der Waals surface area contributed by atoms with Gasteiger partial charge in [-0.15, -0.1) is 12.4 Å². The summed E-state index contributed by atoms with van der Waals surface area (Å²) in [6, 6.07) is 5.77. The first kappa shape index (κ1) is 12.4. The molecular formula is C10H16ClNO. The van der Waals surface area contributed by atoms with Gasteiger partial charge in [0.15, 0.2) is 0 Å². The van der Waals surface area contributed by atoms with Gasteiger partial charge in [-0.2, -0.15) is 0 Å². The van der Waals surface area contributed by atoms with E-state index < -0.39 is 0 Å². The molecule has 0 heterocycles. The van der Waals surface area contributed by atoms with Crippen molar-refractivity contribution < 1.29 is 5.11 Å². The second kappa shape index (κ2) is 5.22. The van der Waals surface area contributed by atoms with Crippen LogP contribution in [0.2, 0.25) is 0 Å². The predicted octanol–water partition coefficient (Wildman–Crippen LogP) is 1.72. The maximum Gasteiger partial charge on any atom is 0.0624 e. The van der Waals surface area contributed by atoms with Gasteiger partial charge in [0.25, 0.3) is 0 Å². The van der Waals surface area contributed by atoms with Gasteiger partial charge in [0.05, 0.1) is 12.6 Å². The van der Waals surface area contributed by atoms with Gasteiger partial charge in [-0.05, 0) is 30.5 Å². The minimum absolute atomic E-state index is 0. The molecule has 13 heavy (non-hydrogen) atoms. The van der Waals surface area contributed by atoms with E-state index in [2.05, 4.69) is 6.92 Å². The molecule has 0 unspecified atom stereocenters. The van der Waals surface area contributed by atoms with E-state index in [-0.39, 0.29) is 25.1 Å². The molecule has 0 amide bonds. The van der Waals surface area contributed by atoms with Crippen molar-refractivity contribution in [3.63, 3.8) is 0 Å². The summed E-state index contributed by atoms with van der Waals surface area (Å²) in [6.45, 7) is 4.11. The molecule has 1 aromatic rings. The molecule has 0 fully saturated rings. The Kier molecular flexibility index (Phi) is 4.99. The Balaban J connectivity index is 0.00000144. The Labute approximate surface area is 85.2 Å². The molecule has 0 spiro atoms. The van der Waals surface area contributed by atoms with E-state index in [1.807, 2.05) is 25.1 Å². The maximum absolute atomic E-state index is 8.82. The molecule has 0 aromatic heterocycles. The first-order valence-electron chi connectivity index (χ1n) is 4.08. The quantitative estimate of drug-likeness (QED) is 0.766. The molecular weight excluding hydrogens is 186 g/mol. The third kappa shape index (κ3) is 2.99. The molecule has 0 aliphatic carbocycles. The number of benzene rings is 1. The van der Waals surface area contributed by atoms with E-state index in [0.717, 1.165) is 5.56 Å². The fourth-order valence-electron chi connectivity index (χ4n) is 1.10. The van der Waals surface area contributed by atoms with Crippen LogP contribution in [0, 0.1) is 13.8 Å². The molecule has 0 bridgehead atoms. The van der Waals surface area contributed by atoms with Crippen molar-refractivity contribution in [3.05, 3.63) is 34.9 Å². The average molecular weight is 202 g/mol. The van der Waals surface area contributed by atoms with Crippen LogP contribution in [0.15, 0.2) is 18.2 Å². The number of halogens is 1. The van der Waals surface area contributed by atoms with Gasteiger partial charge in [-0.1, -0.05) is 18.2 Å². The maximum atomic E-state index is 8.82. The fourth-order valence-corrected chi connectivity index (χ4v) is 1.10. The molecule has 0 aliphatic heterocycles. The highest BCUT2D eigenvalue weighted by Gasteiger charge is 2.04. The third-order valence-electron chi connectivity index (χ3n) is 2.16. The Morgan fingerprint density at radius 3 is 2.38 bits per heavy atom. The van der Waals surface area contributed by atoms with Gasteiger partial charge in [0.1, 0.15) is 0 Å². The van der Waals surface area contributed by atoms with Crippen molar-refractivity contribution in [1.29, 1.82) is 0 Å². The Morgan fingerprint density at radius 2 is 1.92 bits per heavy atom. The first-order valence-corrected chi connectivity index (χ1v) is 4.08. The number of aryl methyl sites for hydroxylation is 2. The van der Waals surface area contributed by atoms with Crippen molar-refractivity contribution >= 4 is 12.4 Å². The summed E-state index contributed by atoms with van der Waals surface area (Å²) in [6.07, 6.45) is 0. The van der Waals surface area contributed by atoms with Gasteiger partial charge in [0, 0.05) is 0 Å². The van der Waals surface area contributed by atoms with Crippen LogP contribution in [0.5, 0.6) is 0 Å². The van der Waals surface area contributed by atoms with Gasteiger partial charge in [0.2, 0.25) is 0 Å². The lowest BCUT2D eigenvalue weighted by atomic mass is 10.0. The van der Waals surface area contributed by atoms with Crippen LogP contribution < -0.4 is 5.73 Å². The van der Waals surface area contributed by atoms with Crippen LogP contribution in [-0.4, -0.2) is 11.7 Å². The highest BCUT2D eigenvalue weighted by Crippen LogP contribution is 2.14. The van der Waals surface area contributed by atoms with Crippen molar-refractivity contribution in [3.8, 4) is 0 Å². The van der Waals surface area contributed by atoms with Crippen LogP contribution >= 0.6 is 12.4 Å². The van der Waals surface area contributed by atoms with E-state index >= 15 is 0 Å². The second-order valence-corrected chi connectivity index (χ2v) is 3.13. The number of aliphatic hydroxyl groups excluding tert-OH is 1. The summed E-state index contributed by atoms with van der Waals surface area (Å²) in [7, 11) is 0. The summed E-state index contributed by atoms with van der Waals surface area (Å²) < 4.78 is 0. The molecule has 1 atom stereocenters. The van der Waals surface area contributed by atoms with E-state index in [1.165, 1.54) is 11.1 Å². The van der Waals surface area contributed by atoms with Crippen LogP contribution in [0.25, 0.3) is 0 Å². The highest BCUT2D eigenvalue weighted by atomic mass is 35.5. The molecule has 0 aliphatic rings. The summed E-state index contributed by atoms with van der Waals surface area (Å²) >= 11 is 0. The zero-order chi connectivity index (χ0) is 9.14. The minimum atomic E-state index is -0.246. The Morgan fingerprint density at radius 1 is 1.31 bits per heavy atom. The van der Waals surface area contributed by atoms with Crippen molar-refractivity contribution in [1.82, 2.24) is 0 Å². The third-order valence-corrected chi connectivity index (χ3v) is 2.16. The molecule has 0 saturated carbocycles. The SMILES string of the molecule is Cc1ccc([C@H](N)CO)cc1C.Cl. The average Bonchev–Trinajstić information content (AvgIpc) is 2.08. The van der Waals surface area contributed by atoms with Gasteiger partial charge >= 0.3 is 0 Å². The molecule has 0 radical (unpaired) electrons. The van der Waals surface area contributed by atoms with Crippen molar-refractivity contribution in [2.45, 2.75) is 19.9 Å². The summed E-state index contributed by atoms with van der Waals surface area (Å²) in [5.74, 6) is 0. The molecule has 1 rings (SSSR count). The normalized spacial score (nSPS) is 12.0. The fraction of sp³-hybridized carbons (Fsp3) is 0.400. The van der Waals surface area contributed by atoms with Gasteiger partial charge in [-0.25, -0.2) is 0 Å². The smallest absolute Gasteiger partial charge is 0.0624 e. The monoisotopic (exact) mass is 201 g/mol.